The SMILES string of the molecule is COC(=O)[C@H](CNC(=O)c1ccsc1)NC(=O)c1sc(NC(=O)Cc2cccc(O)c2)nc1C. The van der Waals surface area contributed by atoms with Gasteiger partial charge in [-0.1, -0.05) is 23.5 Å². The lowest BCUT2D eigenvalue weighted by Crippen LogP contribution is -2.48. The van der Waals surface area contributed by atoms with Crippen LogP contribution in [-0.4, -0.2) is 53.5 Å². The number of phenolic OH excluding ortho intramolecular Hbond substituents is 1. The van der Waals surface area contributed by atoms with Crippen molar-refractivity contribution in [2.24, 2.45) is 0 Å². The van der Waals surface area contributed by atoms with Gasteiger partial charge in [-0.15, -0.1) is 0 Å². The van der Waals surface area contributed by atoms with Gasteiger partial charge in [0, 0.05) is 17.5 Å². The number of thiophene rings is 1. The molecule has 2 heterocycles. The molecule has 10 nitrogen and oxygen atoms in total. The largest absolute Gasteiger partial charge is 0.508 e. The monoisotopic (exact) mass is 502 g/mol. The number of ether oxygens (including phenoxy) is 1. The van der Waals surface area contributed by atoms with Gasteiger partial charge in [0.15, 0.2) is 5.13 Å². The first kappa shape index (κ1) is 24.9. The highest BCUT2D eigenvalue weighted by atomic mass is 32.1. The highest BCUT2D eigenvalue weighted by Crippen LogP contribution is 2.23. The minimum Gasteiger partial charge on any atom is -0.508 e. The van der Waals surface area contributed by atoms with Crippen molar-refractivity contribution in [2.75, 3.05) is 19.0 Å². The minimum atomic E-state index is -1.12. The Morgan fingerprint density at radius 2 is 1.97 bits per heavy atom. The number of carbonyl (C=O) groups excluding carboxylic acids is 4. The van der Waals surface area contributed by atoms with Gasteiger partial charge in [-0.25, -0.2) is 9.78 Å². The summed E-state index contributed by atoms with van der Waals surface area (Å²) in [5.41, 5.74) is 1.43. The summed E-state index contributed by atoms with van der Waals surface area (Å²) in [6, 6.07) is 6.85. The zero-order valence-electron chi connectivity index (χ0n) is 18.3. The van der Waals surface area contributed by atoms with Crippen molar-refractivity contribution in [3.63, 3.8) is 0 Å². The van der Waals surface area contributed by atoms with Crippen LogP contribution < -0.4 is 16.0 Å². The summed E-state index contributed by atoms with van der Waals surface area (Å²) in [6.07, 6.45) is 0.0167. The van der Waals surface area contributed by atoms with Crippen LogP contribution in [0.3, 0.4) is 0 Å². The fraction of sp³-hybridized carbons (Fsp3) is 0.227. The van der Waals surface area contributed by atoms with E-state index in [0.717, 1.165) is 11.3 Å². The molecular weight excluding hydrogens is 480 g/mol. The second kappa shape index (κ2) is 11.4. The van der Waals surface area contributed by atoms with Crippen molar-refractivity contribution in [3.8, 4) is 5.75 Å². The highest BCUT2D eigenvalue weighted by molar-refractivity contribution is 7.17. The second-order valence-corrected chi connectivity index (χ2v) is 8.88. The van der Waals surface area contributed by atoms with E-state index in [9.17, 15) is 24.3 Å². The molecule has 0 fully saturated rings. The molecule has 0 aliphatic rings. The van der Waals surface area contributed by atoms with E-state index in [1.165, 1.54) is 30.6 Å². The van der Waals surface area contributed by atoms with Gasteiger partial charge in [-0.3, -0.25) is 14.4 Å². The number of hydrogen-bond acceptors (Lipinski definition) is 9. The van der Waals surface area contributed by atoms with Gasteiger partial charge < -0.3 is 25.8 Å². The molecule has 1 atom stereocenters. The van der Waals surface area contributed by atoms with Crippen molar-refractivity contribution >= 4 is 51.5 Å². The first-order valence-corrected chi connectivity index (χ1v) is 11.8. The maximum atomic E-state index is 12.8. The third-order valence-electron chi connectivity index (χ3n) is 4.57. The summed E-state index contributed by atoms with van der Waals surface area (Å²) in [7, 11) is 1.18. The molecule has 2 aromatic heterocycles. The number of amides is 3. The van der Waals surface area contributed by atoms with E-state index in [4.69, 9.17) is 4.74 Å². The van der Waals surface area contributed by atoms with Gasteiger partial charge in [0.1, 0.15) is 16.7 Å². The zero-order chi connectivity index (χ0) is 24.7. The summed E-state index contributed by atoms with van der Waals surface area (Å²) in [6.45, 7) is 1.43. The fourth-order valence-electron chi connectivity index (χ4n) is 2.93. The number of rotatable bonds is 9. The average molecular weight is 503 g/mol. The smallest absolute Gasteiger partial charge is 0.330 e. The van der Waals surface area contributed by atoms with E-state index in [-0.39, 0.29) is 40.5 Å². The molecule has 0 saturated carbocycles. The number of aryl methyl sites for hydroxylation is 1. The van der Waals surface area contributed by atoms with Crippen LogP contribution in [0.15, 0.2) is 41.1 Å². The lowest BCUT2D eigenvalue weighted by Gasteiger charge is -2.16. The van der Waals surface area contributed by atoms with Crippen LogP contribution in [-0.2, 0) is 20.7 Å². The quantitative estimate of drug-likeness (QED) is 0.328. The van der Waals surface area contributed by atoms with Gasteiger partial charge in [0.05, 0.1) is 19.2 Å². The molecule has 0 aliphatic heterocycles. The number of nitrogens with zero attached hydrogens (tertiary/aromatic N) is 1. The topological polar surface area (TPSA) is 147 Å². The molecule has 3 amide bonds. The highest BCUT2D eigenvalue weighted by Gasteiger charge is 2.25. The maximum absolute atomic E-state index is 12.8. The van der Waals surface area contributed by atoms with Crippen molar-refractivity contribution in [1.29, 1.82) is 0 Å². The van der Waals surface area contributed by atoms with Gasteiger partial charge in [0.2, 0.25) is 5.91 Å². The standard InChI is InChI=1S/C22H22N4O6S2/c1-12-18(34-22(24-12)26-17(28)9-13-4-3-5-15(27)8-13)20(30)25-16(21(31)32-2)10-23-19(29)14-6-7-33-11-14/h3-8,11,16,27H,9-10H2,1-2H3,(H,23,29)(H,25,30)(H,24,26,28)/t16-/m0/s1. The Balaban J connectivity index is 1.62. The summed E-state index contributed by atoms with van der Waals surface area (Å²) >= 11 is 2.31. The molecule has 0 radical (unpaired) electrons. The van der Waals surface area contributed by atoms with E-state index in [1.807, 2.05) is 0 Å². The summed E-state index contributed by atoms with van der Waals surface area (Å²) in [5, 5.41) is 20.9. The van der Waals surface area contributed by atoms with Crippen LogP contribution in [0.1, 0.15) is 31.3 Å². The molecule has 178 valence electrons. The molecule has 0 unspecified atom stereocenters. The number of hydrogen-bond donors (Lipinski definition) is 4. The normalized spacial score (nSPS) is 11.4. The van der Waals surface area contributed by atoms with Gasteiger partial charge in [-0.2, -0.15) is 11.3 Å². The van der Waals surface area contributed by atoms with Crippen LogP contribution >= 0.6 is 22.7 Å². The summed E-state index contributed by atoms with van der Waals surface area (Å²) in [5.74, 6) is -2.00. The molecule has 0 spiro atoms. The first-order valence-electron chi connectivity index (χ1n) is 10.0. The maximum Gasteiger partial charge on any atom is 0.330 e. The van der Waals surface area contributed by atoms with Crippen LogP contribution in [0.2, 0.25) is 0 Å². The third-order valence-corrected chi connectivity index (χ3v) is 6.32. The number of nitrogens with one attached hydrogen (secondary N) is 3. The number of aromatic nitrogens is 1. The number of thiazole rings is 1. The van der Waals surface area contributed by atoms with E-state index < -0.39 is 17.9 Å². The fourth-order valence-corrected chi connectivity index (χ4v) is 4.45. The number of aromatic hydroxyl groups is 1. The Morgan fingerprint density at radius 1 is 1.18 bits per heavy atom. The minimum absolute atomic E-state index is 0.0167. The number of benzene rings is 1. The Bertz CT molecular complexity index is 1190. The van der Waals surface area contributed by atoms with E-state index in [2.05, 4.69) is 20.9 Å². The molecule has 3 rings (SSSR count). The van der Waals surface area contributed by atoms with E-state index in [1.54, 1.807) is 35.9 Å². The molecule has 0 saturated heterocycles. The predicted molar refractivity (Wildman–Crippen MR) is 127 cm³/mol. The third kappa shape index (κ3) is 6.62. The van der Waals surface area contributed by atoms with Crippen molar-refractivity contribution < 1.29 is 29.0 Å². The molecule has 3 aromatic rings. The molecule has 1 aromatic carbocycles. The molecular formula is C22H22N4O6S2. The Labute approximate surface area is 203 Å². The second-order valence-electron chi connectivity index (χ2n) is 7.10. The van der Waals surface area contributed by atoms with Crippen LogP contribution in [0.5, 0.6) is 5.75 Å². The molecule has 0 bridgehead atoms. The van der Waals surface area contributed by atoms with Crippen molar-refractivity contribution in [3.05, 3.63) is 62.8 Å². The summed E-state index contributed by atoms with van der Waals surface area (Å²) in [4.78, 5) is 53.8. The number of carbonyl (C=O) groups is 4. The van der Waals surface area contributed by atoms with Crippen LogP contribution in [0.25, 0.3) is 0 Å². The van der Waals surface area contributed by atoms with Crippen LogP contribution in [0.4, 0.5) is 5.13 Å². The van der Waals surface area contributed by atoms with Crippen molar-refractivity contribution in [2.45, 2.75) is 19.4 Å². The van der Waals surface area contributed by atoms with E-state index >= 15 is 0 Å². The molecule has 34 heavy (non-hydrogen) atoms. The van der Waals surface area contributed by atoms with Gasteiger partial charge in [0.25, 0.3) is 11.8 Å². The number of anilines is 1. The van der Waals surface area contributed by atoms with Gasteiger partial charge in [-0.05, 0) is 36.1 Å². The number of methoxy groups -OCH3 is 1. The Morgan fingerprint density at radius 3 is 2.65 bits per heavy atom. The first-order chi connectivity index (χ1) is 16.3. The van der Waals surface area contributed by atoms with Gasteiger partial charge >= 0.3 is 5.97 Å². The molecule has 4 N–H and O–H groups in total. The Kier molecular flexibility index (Phi) is 8.33. The molecule has 0 aliphatic carbocycles. The summed E-state index contributed by atoms with van der Waals surface area (Å²) < 4.78 is 4.74. The molecule has 12 heteroatoms. The number of esters is 1. The number of phenols is 1. The zero-order valence-corrected chi connectivity index (χ0v) is 19.9. The predicted octanol–water partition coefficient (Wildman–Crippen LogP) is 2.10. The van der Waals surface area contributed by atoms with Crippen LogP contribution in [0, 0.1) is 6.92 Å². The van der Waals surface area contributed by atoms with E-state index in [0.29, 0.717) is 16.8 Å². The Hall–Kier alpha value is -3.77. The lowest BCUT2D eigenvalue weighted by atomic mass is 10.1. The van der Waals surface area contributed by atoms with Crippen molar-refractivity contribution in [1.82, 2.24) is 15.6 Å². The average Bonchev–Trinajstić information content (AvgIpc) is 3.45. The lowest BCUT2D eigenvalue weighted by molar-refractivity contribution is -0.142.